The molecule has 0 spiro atoms. The molecular formula is C24H27FN2O4S. The fourth-order valence-corrected chi connectivity index (χ4v) is 5.02. The molecule has 1 aromatic heterocycles. The second-order valence-electron chi connectivity index (χ2n) is 9.39. The average molecular weight is 459 g/mol. The van der Waals surface area contributed by atoms with Gasteiger partial charge in [-0.15, -0.1) is 0 Å². The number of amides is 1. The van der Waals surface area contributed by atoms with Gasteiger partial charge in [0, 0.05) is 30.9 Å². The molecule has 0 bridgehead atoms. The van der Waals surface area contributed by atoms with Crippen LogP contribution in [0.15, 0.2) is 39.6 Å². The van der Waals surface area contributed by atoms with E-state index in [2.05, 4.69) is 4.72 Å². The maximum absolute atomic E-state index is 14.6. The van der Waals surface area contributed by atoms with E-state index in [0.29, 0.717) is 11.3 Å². The van der Waals surface area contributed by atoms with E-state index in [4.69, 9.17) is 4.42 Å². The number of nitrogens with zero attached hydrogens (tertiary/aromatic N) is 1. The third kappa shape index (κ3) is 3.99. The predicted molar refractivity (Wildman–Crippen MR) is 122 cm³/mol. The second kappa shape index (κ2) is 7.62. The number of halogens is 1. The van der Waals surface area contributed by atoms with Gasteiger partial charge < -0.3 is 9.32 Å². The molecular weight excluding hydrogens is 431 g/mol. The number of sulfonamides is 1. The number of furan rings is 1. The van der Waals surface area contributed by atoms with Gasteiger partial charge in [0.1, 0.15) is 11.4 Å². The van der Waals surface area contributed by atoms with Crippen molar-refractivity contribution in [3.05, 3.63) is 58.6 Å². The second-order valence-corrected chi connectivity index (χ2v) is 11.0. The van der Waals surface area contributed by atoms with Crippen molar-refractivity contribution < 1.29 is 22.0 Å². The lowest BCUT2D eigenvalue weighted by molar-refractivity contribution is 0.0956. The van der Waals surface area contributed by atoms with E-state index in [-0.39, 0.29) is 27.0 Å². The van der Waals surface area contributed by atoms with Crippen LogP contribution in [0, 0.1) is 19.7 Å². The van der Waals surface area contributed by atoms with Crippen molar-refractivity contribution in [1.29, 1.82) is 0 Å². The predicted octanol–water partition coefficient (Wildman–Crippen LogP) is 4.82. The highest BCUT2D eigenvalue weighted by molar-refractivity contribution is 7.90. The number of hydrogen-bond acceptors (Lipinski definition) is 5. The van der Waals surface area contributed by atoms with Crippen LogP contribution >= 0.6 is 0 Å². The zero-order chi connectivity index (χ0) is 23.4. The minimum Gasteiger partial charge on any atom is -0.451 e. The molecule has 1 amide bonds. The molecule has 0 saturated carbocycles. The summed E-state index contributed by atoms with van der Waals surface area (Å²) < 4.78 is 48.4. The fraction of sp³-hybridized carbons (Fsp3) is 0.375. The monoisotopic (exact) mass is 458 g/mol. The van der Waals surface area contributed by atoms with Gasteiger partial charge in [0.05, 0.1) is 10.3 Å². The molecule has 170 valence electrons. The number of aryl methyl sites for hydroxylation is 1. The lowest BCUT2D eigenvalue weighted by Gasteiger charge is -2.33. The van der Waals surface area contributed by atoms with E-state index in [9.17, 15) is 17.6 Å². The molecule has 1 N–H and O–H groups in total. The highest BCUT2D eigenvalue weighted by Crippen LogP contribution is 2.31. The van der Waals surface area contributed by atoms with Crippen LogP contribution in [0.3, 0.4) is 0 Å². The van der Waals surface area contributed by atoms with Crippen LogP contribution in [-0.4, -0.2) is 27.4 Å². The van der Waals surface area contributed by atoms with E-state index in [1.54, 1.807) is 19.1 Å². The van der Waals surface area contributed by atoms with E-state index in [1.165, 1.54) is 12.1 Å². The van der Waals surface area contributed by atoms with Crippen LogP contribution < -0.4 is 9.62 Å². The first-order chi connectivity index (χ1) is 14.9. The van der Waals surface area contributed by atoms with E-state index < -0.39 is 21.7 Å². The van der Waals surface area contributed by atoms with Crippen LogP contribution in [0.4, 0.5) is 10.1 Å². The number of fused-ring (bicyclic) bond motifs is 1. The van der Waals surface area contributed by atoms with Crippen molar-refractivity contribution in [3.8, 4) is 0 Å². The van der Waals surface area contributed by atoms with Gasteiger partial charge in [-0.2, -0.15) is 0 Å². The van der Waals surface area contributed by atoms with E-state index in [1.807, 2.05) is 38.7 Å². The lowest BCUT2D eigenvalue weighted by Crippen LogP contribution is -2.36. The Morgan fingerprint density at radius 3 is 2.38 bits per heavy atom. The summed E-state index contributed by atoms with van der Waals surface area (Å²) >= 11 is 0. The molecule has 3 aromatic rings. The first-order valence-electron chi connectivity index (χ1n) is 10.5. The Kier molecular flexibility index (Phi) is 5.32. The molecule has 8 heteroatoms. The molecule has 2 heterocycles. The molecule has 4 rings (SSSR count). The van der Waals surface area contributed by atoms with Gasteiger partial charge in [-0.3, -0.25) is 4.79 Å². The van der Waals surface area contributed by atoms with Crippen LogP contribution in [0.1, 0.15) is 54.4 Å². The van der Waals surface area contributed by atoms with Gasteiger partial charge in [0.15, 0.2) is 5.76 Å². The Morgan fingerprint density at radius 2 is 1.78 bits per heavy atom. The van der Waals surface area contributed by atoms with E-state index >= 15 is 0 Å². The smallest absolute Gasteiger partial charge is 0.300 e. The fourth-order valence-electron chi connectivity index (χ4n) is 3.72. The standard InChI is InChI=1S/C24H27FN2O4S/c1-14-9-16(24(3,4)5)10-22(15(14)2)32(29,30)26-23(28)21-13-18-19(25)11-17(12-20(18)31-21)27-7-6-8-27/h9-13H,6-8H2,1-5H3,(H,26,28). The molecule has 0 radical (unpaired) electrons. The van der Waals surface area contributed by atoms with E-state index in [0.717, 1.165) is 30.6 Å². The number of anilines is 1. The van der Waals surface area contributed by atoms with Crippen molar-refractivity contribution >= 4 is 32.6 Å². The molecule has 1 saturated heterocycles. The molecule has 0 atom stereocenters. The molecule has 0 aliphatic carbocycles. The zero-order valence-corrected chi connectivity index (χ0v) is 19.7. The van der Waals surface area contributed by atoms with Crippen molar-refractivity contribution in [3.63, 3.8) is 0 Å². The summed E-state index contributed by atoms with van der Waals surface area (Å²) in [4.78, 5) is 14.8. The van der Waals surface area contributed by atoms with Crippen LogP contribution in [-0.2, 0) is 15.4 Å². The van der Waals surface area contributed by atoms with Crippen molar-refractivity contribution in [2.45, 2.75) is 51.3 Å². The first-order valence-corrected chi connectivity index (χ1v) is 12.0. The van der Waals surface area contributed by atoms with Gasteiger partial charge >= 0.3 is 5.91 Å². The summed E-state index contributed by atoms with van der Waals surface area (Å²) in [6.45, 7) is 11.2. The topological polar surface area (TPSA) is 79.6 Å². The lowest BCUT2D eigenvalue weighted by atomic mass is 9.85. The van der Waals surface area contributed by atoms with Crippen LogP contribution in [0.2, 0.25) is 0 Å². The van der Waals surface area contributed by atoms with Gasteiger partial charge in [-0.25, -0.2) is 17.5 Å². The summed E-state index contributed by atoms with van der Waals surface area (Å²) in [5.41, 5.74) is 2.84. The Bertz CT molecular complexity index is 1330. The van der Waals surface area contributed by atoms with Crippen molar-refractivity contribution in [2.24, 2.45) is 0 Å². The molecule has 6 nitrogen and oxygen atoms in total. The molecule has 1 aliphatic rings. The molecule has 1 aliphatic heterocycles. The summed E-state index contributed by atoms with van der Waals surface area (Å²) in [5, 5.41) is 0.138. The minimum absolute atomic E-state index is 0.0399. The van der Waals surface area contributed by atoms with Gasteiger partial charge in [0.25, 0.3) is 10.0 Å². The summed E-state index contributed by atoms with van der Waals surface area (Å²) in [7, 11) is -4.17. The summed E-state index contributed by atoms with van der Waals surface area (Å²) in [6.07, 6.45) is 1.04. The molecule has 0 unspecified atom stereocenters. The summed E-state index contributed by atoms with van der Waals surface area (Å²) in [6, 6.07) is 7.85. The average Bonchev–Trinajstić information content (AvgIpc) is 3.06. The number of nitrogens with one attached hydrogen (secondary N) is 1. The number of hydrogen-bond donors (Lipinski definition) is 1. The Labute approximate surface area is 187 Å². The Morgan fingerprint density at radius 1 is 1.09 bits per heavy atom. The normalized spacial score (nSPS) is 14.5. The van der Waals surface area contributed by atoms with Gasteiger partial charge in [-0.05, 0) is 54.5 Å². The molecule has 1 fully saturated rings. The third-order valence-corrected chi connectivity index (χ3v) is 7.48. The number of carbonyl (C=O) groups excluding carboxylic acids is 1. The number of carbonyl (C=O) groups is 1. The van der Waals surface area contributed by atoms with Crippen LogP contribution in [0.25, 0.3) is 11.0 Å². The van der Waals surface area contributed by atoms with Gasteiger partial charge in [-0.1, -0.05) is 26.8 Å². The van der Waals surface area contributed by atoms with Crippen molar-refractivity contribution in [2.75, 3.05) is 18.0 Å². The summed E-state index contributed by atoms with van der Waals surface area (Å²) in [5.74, 6) is -1.71. The van der Waals surface area contributed by atoms with Crippen LogP contribution in [0.5, 0.6) is 0 Å². The van der Waals surface area contributed by atoms with Gasteiger partial charge in [0.2, 0.25) is 0 Å². The number of rotatable bonds is 4. The Balaban J connectivity index is 1.67. The highest BCUT2D eigenvalue weighted by atomic mass is 32.2. The number of benzene rings is 2. The minimum atomic E-state index is -4.17. The SMILES string of the molecule is Cc1cc(C(C)(C)C)cc(S(=O)(=O)NC(=O)c2cc3c(F)cc(N4CCC4)cc3o2)c1C. The molecule has 2 aromatic carbocycles. The third-order valence-electron chi connectivity index (χ3n) is 6.02. The quantitative estimate of drug-likeness (QED) is 0.607. The maximum atomic E-state index is 14.6. The highest BCUT2D eigenvalue weighted by Gasteiger charge is 2.27. The van der Waals surface area contributed by atoms with Crippen molar-refractivity contribution in [1.82, 2.24) is 4.72 Å². The molecule has 32 heavy (non-hydrogen) atoms. The zero-order valence-electron chi connectivity index (χ0n) is 18.9. The largest absolute Gasteiger partial charge is 0.451 e. The Hall–Kier alpha value is -2.87. The first kappa shape index (κ1) is 22.3. The maximum Gasteiger partial charge on any atom is 0.300 e.